The SMILES string of the molecule is C=CCS[PH2]=S. The van der Waals surface area contributed by atoms with Gasteiger partial charge in [-0.25, -0.2) is 0 Å². The van der Waals surface area contributed by atoms with Gasteiger partial charge in [0.2, 0.25) is 0 Å². The Morgan fingerprint density at radius 1 is 2.00 bits per heavy atom. The van der Waals surface area contributed by atoms with Gasteiger partial charge < -0.3 is 0 Å². The zero-order chi connectivity index (χ0) is 4.83. The summed E-state index contributed by atoms with van der Waals surface area (Å²) in [6, 6.07) is 0. The second-order valence-electron chi connectivity index (χ2n) is 0.718. The Labute approximate surface area is 48.6 Å². The minimum atomic E-state index is 0.213. The molecule has 0 saturated heterocycles. The van der Waals surface area contributed by atoms with Crippen LogP contribution >= 0.6 is 17.9 Å². The second kappa shape index (κ2) is 5.74. The van der Waals surface area contributed by atoms with E-state index in [2.05, 4.69) is 6.58 Å². The molecule has 3 heteroatoms. The average molecular weight is 138 g/mol. The van der Waals surface area contributed by atoms with Gasteiger partial charge in [-0.1, -0.05) is 17.9 Å². The highest BCUT2D eigenvalue weighted by molar-refractivity contribution is 8.58. The predicted molar refractivity (Wildman–Crippen MR) is 39.7 cm³/mol. The van der Waals surface area contributed by atoms with Crippen molar-refractivity contribution in [2.45, 2.75) is 0 Å². The Hall–Kier alpha value is 0.740. The van der Waals surface area contributed by atoms with E-state index in [1.54, 1.807) is 11.4 Å². The Morgan fingerprint density at radius 3 is 2.83 bits per heavy atom. The van der Waals surface area contributed by atoms with Crippen molar-refractivity contribution in [3.63, 3.8) is 0 Å². The minimum absolute atomic E-state index is 0.213. The van der Waals surface area contributed by atoms with Crippen molar-refractivity contribution in [3.05, 3.63) is 12.7 Å². The van der Waals surface area contributed by atoms with E-state index in [-0.39, 0.29) is 6.56 Å². The quantitative estimate of drug-likeness (QED) is 0.331. The molecule has 0 spiro atoms. The van der Waals surface area contributed by atoms with E-state index in [9.17, 15) is 0 Å². The van der Waals surface area contributed by atoms with Crippen LogP contribution in [-0.4, -0.2) is 5.75 Å². The molecular formula is C3H7PS2. The molecule has 0 aliphatic carbocycles. The molecule has 0 aromatic carbocycles. The van der Waals surface area contributed by atoms with E-state index in [1.807, 2.05) is 6.08 Å². The molecule has 36 valence electrons. The molecular weight excluding hydrogens is 131 g/mol. The molecule has 0 aromatic heterocycles. The highest BCUT2D eigenvalue weighted by Crippen LogP contribution is 2.15. The van der Waals surface area contributed by atoms with Crippen LogP contribution in [0.2, 0.25) is 0 Å². The second-order valence-corrected chi connectivity index (χ2v) is 4.89. The Kier molecular flexibility index (Phi) is 6.45. The van der Waals surface area contributed by atoms with Gasteiger partial charge in [0.25, 0.3) is 0 Å². The summed E-state index contributed by atoms with van der Waals surface area (Å²) in [5, 5.41) is 0. The topological polar surface area (TPSA) is 0 Å². The molecule has 0 aliphatic heterocycles. The minimum Gasteiger partial charge on any atom is -0.126 e. The first-order valence-electron chi connectivity index (χ1n) is 1.58. The van der Waals surface area contributed by atoms with Gasteiger partial charge in [-0.2, -0.15) is 0 Å². The maximum Gasteiger partial charge on any atom is 0.0155 e. The van der Waals surface area contributed by atoms with Gasteiger partial charge in [0.1, 0.15) is 0 Å². The molecule has 0 saturated carbocycles. The third kappa shape index (κ3) is 4.74. The van der Waals surface area contributed by atoms with Gasteiger partial charge in [0, 0.05) is 5.75 Å². The zero-order valence-electron chi connectivity index (χ0n) is 3.39. The first kappa shape index (κ1) is 6.74. The van der Waals surface area contributed by atoms with Gasteiger partial charge in [-0.15, -0.1) is 18.0 Å². The van der Waals surface area contributed by atoms with Crippen molar-refractivity contribution < 1.29 is 0 Å². The summed E-state index contributed by atoms with van der Waals surface area (Å²) in [5.41, 5.74) is 0. The standard InChI is InChI=1S/C3H7PS2/c1-2-3-6-4-5/h2H,1,3-4H2. The van der Waals surface area contributed by atoms with E-state index in [0.717, 1.165) is 5.75 Å². The lowest BCUT2D eigenvalue weighted by molar-refractivity contribution is 1.84. The van der Waals surface area contributed by atoms with Gasteiger partial charge in [-0.3, -0.25) is 0 Å². The summed E-state index contributed by atoms with van der Waals surface area (Å²) in [6.07, 6.45) is 1.88. The van der Waals surface area contributed by atoms with Crippen LogP contribution in [0.3, 0.4) is 0 Å². The summed E-state index contributed by atoms with van der Waals surface area (Å²) < 4.78 is 0. The Morgan fingerprint density at radius 2 is 2.67 bits per heavy atom. The van der Waals surface area contributed by atoms with Gasteiger partial charge >= 0.3 is 0 Å². The molecule has 0 fully saturated rings. The van der Waals surface area contributed by atoms with E-state index < -0.39 is 0 Å². The molecule has 0 nitrogen and oxygen atoms in total. The number of hydrogen-bond acceptors (Lipinski definition) is 2. The molecule has 0 aliphatic rings. The van der Waals surface area contributed by atoms with Crippen molar-refractivity contribution >= 4 is 29.7 Å². The molecule has 0 radical (unpaired) electrons. The van der Waals surface area contributed by atoms with Crippen LogP contribution in [0.4, 0.5) is 0 Å². The lowest BCUT2D eigenvalue weighted by Gasteiger charge is -1.76. The van der Waals surface area contributed by atoms with Gasteiger partial charge in [-0.05, 0) is 6.56 Å². The molecule has 0 rings (SSSR count). The third-order valence-electron chi connectivity index (χ3n) is 0.282. The molecule has 0 bridgehead atoms. The molecule has 0 aromatic rings. The van der Waals surface area contributed by atoms with Crippen molar-refractivity contribution in [2.24, 2.45) is 0 Å². The Balaban J connectivity index is 2.66. The summed E-state index contributed by atoms with van der Waals surface area (Å²) in [7, 11) is 0. The fourth-order valence-corrected chi connectivity index (χ4v) is 1.67. The maximum atomic E-state index is 4.72. The van der Waals surface area contributed by atoms with E-state index in [4.69, 9.17) is 11.8 Å². The maximum absolute atomic E-state index is 4.72. The summed E-state index contributed by atoms with van der Waals surface area (Å²) >= 11 is 6.50. The Bertz CT molecular complexity index is 44.8. The molecule has 0 heterocycles. The molecule has 6 heavy (non-hydrogen) atoms. The molecule has 1 atom stereocenters. The van der Waals surface area contributed by atoms with Crippen molar-refractivity contribution in [2.75, 3.05) is 5.75 Å². The predicted octanol–water partition coefficient (Wildman–Crippen LogP) is 1.69. The third-order valence-corrected chi connectivity index (χ3v) is 3.06. The summed E-state index contributed by atoms with van der Waals surface area (Å²) in [4.78, 5) is 0. The fourth-order valence-electron chi connectivity index (χ4n) is 0.107. The van der Waals surface area contributed by atoms with Crippen molar-refractivity contribution in [1.29, 1.82) is 0 Å². The van der Waals surface area contributed by atoms with Crippen LogP contribution in [0, 0.1) is 0 Å². The first-order valence-corrected chi connectivity index (χ1v) is 5.93. The lowest BCUT2D eigenvalue weighted by Crippen LogP contribution is -1.52. The van der Waals surface area contributed by atoms with Crippen LogP contribution in [-0.2, 0) is 11.8 Å². The van der Waals surface area contributed by atoms with Crippen molar-refractivity contribution in [3.8, 4) is 0 Å². The van der Waals surface area contributed by atoms with E-state index in [1.165, 1.54) is 0 Å². The average Bonchev–Trinajstić information content (AvgIpc) is 1.61. The molecule has 0 N–H and O–H groups in total. The van der Waals surface area contributed by atoms with Gasteiger partial charge in [0.05, 0.1) is 0 Å². The zero-order valence-corrected chi connectivity index (χ0v) is 6.17. The van der Waals surface area contributed by atoms with Crippen molar-refractivity contribution in [1.82, 2.24) is 0 Å². The molecule has 0 amide bonds. The lowest BCUT2D eigenvalue weighted by atomic mass is 10.8. The van der Waals surface area contributed by atoms with E-state index >= 15 is 0 Å². The van der Waals surface area contributed by atoms with E-state index in [0.29, 0.717) is 0 Å². The normalized spacial score (nSPS) is 10.0. The van der Waals surface area contributed by atoms with Crippen LogP contribution in [0.5, 0.6) is 0 Å². The highest BCUT2D eigenvalue weighted by atomic mass is 32.9. The van der Waals surface area contributed by atoms with Crippen LogP contribution in [0.1, 0.15) is 0 Å². The largest absolute Gasteiger partial charge is 0.126 e. The number of rotatable bonds is 3. The molecule has 1 unspecified atom stereocenters. The smallest absolute Gasteiger partial charge is 0.0155 e. The summed E-state index contributed by atoms with van der Waals surface area (Å²) in [5.74, 6) is 1.03. The first-order chi connectivity index (χ1) is 2.91. The monoisotopic (exact) mass is 138 g/mol. The number of hydrogen-bond donors (Lipinski definition) is 0. The van der Waals surface area contributed by atoms with Gasteiger partial charge in [0.15, 0.2) is 0 Å². The highest BCUT2D eigenvalue weighted by Gasteiger charge is 1.65. The fraction of sp³-hybridized carbons (Fsp3) is 0.333. The van der Waals surface area contributed by atoms with Crippen LogP contribution in [0.25, 0.3) is 0 Å². The summed E-state index contributed by atoms with van der Waals surface area (Å²) in [6.45, 7) is 3.76. The van der Waals surface area contributed by atoms with Crippen LogP contribution < -0.4 is 0 Å². The van der Waals surface area contributed by atoms with Crippen LogP contribution in [0.15, 0.2) is 12.7 Å².